The summed E-state index contributed by atoms with van der Waals surface area (Å²) in [7, 11) is 2.08. The molecule has 29 heavy (non-hydrogen) atoms. The number of nitrogens with one attached hydrogen (secondary N) is 1. The summed E-state index contributed by atoms with van der Waals surface area (Å²) in [5.41, 5.74) is 4.99. The molecule has 4 rings (SSSR count). The molecule has 1 heterocycles. The second-order valence-corrected chi connectivity index (χ2v) is 7.20. The number of nitrogens with zero attached hydrogens (tertiary/aromatic N) is 2. The Morgan fingerprint density at radius 2 is 1.62 bits per heavy atom. The maximum absolute atomic E-state index is 13.0. The maximum atomic E-state index is 13.0. The Morgan fingerprint density at radius 1 is 0.897 bits per heavy atom. The van der Waals surface area contributed by atoms with Crippen LogP contribution in [0.3, 0.4) is 0 Å². The molecule has 0 fully saturated rings. The van der Waals surface area contributed by atoms with Gasteiger partial charge in [-0.3, -0.25) is 5.41 Å². The molecule has 4 nitrogen and oxygen atoms in total. The Hall–Kier alpha value is -3.28. The van der Waals surface area contributed by atoms with E-state index in [0.717, 1.165) is 17.5 Å². The van der Waals surface area contributed by atoms with Crippen molar-refractivity contribution in [2.24, 2.45) is 0 Å². The standard InChI is InChI=1S/C23H23BFN3O/c24-18-6-3-5-17(15-18)16-28-22-8-2-1-7-21(22)27(23(28)26)13-4-14-29-20-11-9-19(25)10-12-20/h1-3,5-12,15,26H,4,13-14,16,24H2. The molecular formula is C23H23BFN3O. The first kappa shape index (κ1) is 19.1. The molecule has 0 amide bonds. The summed E-state index contributed by atoms with van der Waals surface area (Å²) < 4.78 is 22.8. The lowest BCUT2D eigenvalue weighted by molar-refractivity contribution is 0.300. The minimum absolute atomic E-state index is 0.270. The maximum Gasteiger partial charge on any atom is 0.203 e. The van der Waals surface area contributed by atoms with Crippen molar-refractivity contribution in [3.05, 3.63) is 89.8 Å². The second kappa shape index (κ2) is 8.39. The van der Waals surface area contributed by atoms with Crippen molar-refractivity contribution in [1.29, 1.82) is 5.41 Å². The lowest BCUT2D eigenvalue weighted by atomic mass is 9.94. The predicted molar refractivity (Wildman–Crippen MR) is 116 cm³/mol. The number of ether oxygens (including phenoxy) is 1. The van der Waals surface area contributed by atoms with Gasteiger partial charge in [-0.15, -0.1) is 0 Å². The number of para-hydroxylation sites is 2. The molecule has 0 radical (unpaired) electrons. The van der Waals surface area contributed by atoms with Crippen molar-refractivity contribution in [2.75, 3.05) is 6.61 Å². The second-order valence-electron chi connectivity index (χ2n) is 7.20. The molecule has 0 saturated heterocycles. The van der Waals surface area contributed by atoms with Crippen molar-refractivity contribution in [1.82, 2.24) is 9.13 Å². The molecule has 4 aromatic rings. The molecule has 0 atom stereocenters. The van der Waals surface area contributed by atoms with Gasteiger partial charge in [0.1, 0.15) is 19.4 Å². The van der Waals surface area contributed by atoms with Gasteiger partial charge in [0.2, 0.25) is 5.62 Å². The van der Waals surface area contributed by atoms with Crippen LogP contribution in [0, 0.1) is 11.2 Å². The summed E-state index contributed by atoms with van der Waals surface area (Å²) >= 11 is 0. The number of hydrogen-bond donors (Lipinski definition) is 1. The fourth-order valence-electron chi connectivity index (χ4n) is 3.62. The SMILES string of the molecule is Bc1cccc(Cn2c(=N)n(CCCOc3ccc(F)cc3)c3ccccc32)c1. The number of imidazole rings is 1. The zero-order valence-electron chi connectivity index (χ0n) is 16.4. The monoisotopic (exact) mass is 387 g/mol. The Labute approximate surface area is 170 Å². The van der Waals surface area contributed by atoms with E-state index in [4.69, 9.17) is 10.1 Å². The third-order valence-corrected chi connectivity index (χ3v) is 5.01. The highest BCUT2D eigenvalue weighted by Gasteiger charge is 2.11. The van der Waals surface area contributed by atoms with E-state index >= 15 is 0 Å². The van der Waals surface area contributed by atoms with Gasteiger partial charge in [0.25, 0.3) is 0 Å². The van der Waals surface area contributed by atoms with E-state index in [0.29, 0.717) is 31.1 Å². The first-order valence-corrected chi connectivity index (χ1v) is 9.78. The van der Waals surface area contributed by atoms with Crippen molar-refractivity contribution in [3.63, 3.8) is 0 Å². The Balaban J connectivity index is 1.52. The highest BCUT2D eigenvalue weighted by atomic mass is 19.1. The number of aromatic nitrogens is 2. The third kappa shape index (κ3) is 4.26. The zero-order chi connectivity index (χ0) is 20.2. The van der Waals surface area contributed by atoms with Gasteiger partial charge in [-0.25, -0.2) is 4.39 Å². The van der Waals surface area contributed by atoms with Crippen LogP contribution in [-0.2, 0) is 13.1 Å². The molecular weight excluding hydrogens is 364 g/mol. The molecule has 146 valence electrons. The summed E-state index contributed by atoms with van der Waals surface area (Å²) in [6, 6.07) is 22.6. The highest BCUT2D eigenvalue weighted by molar-refractivity contribution is 6.32. The molecule has 3 aromatic carbocycles. The molecule has 1 N–H and O–H groups in total. The van der Waals surface area contributed by atoms with Crippen molar-refractivity contribution < 1.29 is 9.13 Å². The van der Waals surface area contributed by atoms with Crippen LogP contribution in [0.4, 0.5) is 4.39 Å². The summed E-state index contributed by atoms with van der Waals surface area (Å²) in [5, 5.41) is 8.74. The summed E-state index contributed by atoms with van der Waals surface area (Å²) in [4.78, 5) is 0. The van der Waals surface area contributed by atoms with Gasteiger partial charge in [0.15, 0.2) is 0 Å². The van der Waals surface area contributed by atoms with Crippen LogP contribution in [0.2, 0.25) is 0 Å². The number of halogens is 1. The average molecular weight is 387 g/mol. The van der Waals surface area contributed by atoms with Crippen LogP contribution in [-0.4, -0.2) is 23.6 Å². The van der Waals surface area contributed by atoms with Crippen molar-refractivity contribution in [2.45, 2.75) is 19.5 Å². The molecule has 0 unspecified atom stereocenters. The molecule has 1 aromatic heterocycles. The molecule has 0 aliphatic rings. The van der Waals surface area contributed by atoms with Crippen molar-refractivity contribution in [3.8, 4) is 5.75 Å². The minimum Gasteiger partial charge on any atom is -0.494 e. The van der Waals surface area contributed by atoms with E-state index in [9.17, 15) is 4.39 Å². The van der Waals surface area contributed by atoms with E-state index < -0.39 is 0 Å². The fraction of sp³-hybridized carbons (Fsp3) is 0.174. The van der Waals surface area contributed by atoms with E-state index in [-0.39, 0.29) is 5.82 Å². The van der Waals surface area contributed by atoms with E-state index in [1.165, 1.54) is 23.2 Å². The van der Waals surface area contributed by atoms with Crippen LogP contribution < -0.4 is 15.8 Å². The summed E-state index contributed by atoms with van der Waals surface area (Å²) in [6.45, 7) is 1.86. The number of benzene rings is 3. The van der Waals surface area contributed by atoms with Gasteiger partial charge in [0.05, 0.1) is 24.2 Å². The average Bonchev–Trinajstić information content (AvgIpc) is 2.98. The van der Waals surface area contributed by atoms with Crippen molar-refractivity contribution >= 4 is 24.3 Å². The zero-order valence-corrected chi connectivity index (χ0v) is 16.4. The summed E-state index contributed by atoms with van der Waals surface area (Å²) in [6.07, 6.45) is 0.756. The van der Waals surface area contributed by atoms with Crippen LogP contribution in [0.25, 0.3) is 11.0 Å². The van der Waals surface area contributed by atoms with Gasteiger partial charge in [0, 0.05) is 6.54 Å². The van der Waals surface area contributed by atoms with Crippen LogP contribution in [0.1, 0.15) is 12.0 Å². The fourth-order valence-corrected chi connectivity index (χ4v) is 3.62. The number of rotatable bonds is 7. The van der Waals surface area contributed by atoms with Crippen LogP contribution >= 0.6 is 0 Å². The van der Waals surface area contributed by atoms with Gasteiger partial charge >= 0.3 is 0 Å². The Kier molecular flexibility index (Phi) is 5.51. The smallest absolute Gasteiger partial charge is 0.203 e. The number of aryl methyl sites for hydroxylation is 1. The van der Waals surface area contributed by atoms with Gasteiger partial charge in [-0.2, -0.15) is 0 Å². The first-order chi connectivity index (χ1) is 14.1. The normalized spacial score (nSPS) is 11.1. The third-order valence-electron chi connectivity index (χ3n) is 5.01. The van der Waals surface area contributed by atoms with E-state index in [2.05, 4.69) is 44.2 Å². The first-order valence-electron chi connectivity index (χ1n) is 9.78. The highest BCUT2D eigenvalue weighted by Crippen LogP contribution is 2.15. The topological polar surface area (TPSA) is 42.9 Å². The molecule has 0 aliphatic carbocycles. The Morgan fingerprint density at radius 3 is 2.34 bits per heavy atom. The van der Waals surface area contributed by atoms with E-state index in [1.54, 1.807) is 12.1 Å². The minimum atomic E-state index is -0.270. The molecule has 0 bridgehead atoms. The quantitative estimate of drug-likeness (QED) is 0.385. The lowest BCUT2D eigenvalue weighted by Crippen LogP contribution is -2.26. The van der Waals surface area contributed by atoms with Gasteiger partial charge in [-0.1, -0.05) is 41.9 Å². The largest absolute Gasteiger partial charge is 0.494 e. The van der Waals surface area contributed by atoms with Gasteiger partial charge < -0.3 is 13.9 Å². The van der Waals surface area contributed by atoms with Crippen LogP contribution in [0.5, 0.6) is 5.75 Å². The number of fused-ring (bicyclic) bond motifs is 1. The van der Waals surface area contributed by atoms with Crippen LogP contribution in [0.15, 0.2) is 72.8 Å². The predicted octanol–water partition coefficient (Wildman–Crippen LogP) is 2.84. The lowest BCUT2D eigenvalue weighted by Gasteiger charge is -2.08. The molecule has 0 spiro atoms. The number of hydrogen-bond acceptors (Lipinski definition) is 2. The Bertz CT molecular complexity index is 1180. The van der Waals surface area contributed by atoms with E-state index in [1.807, 2.05) is 21.3 Å². The summed E-state index contributed by atoms with van der Waals surface area (Å²) in [5.74, 6) is 0.387. The molecule has 0 saturated carbocycles. The van der Waals surface area contributed by atoms with Gasteiger partial charge in [-0.05, 0) is 48.4 Å². The molecule has 0 aliphatic heterocycles. The molecule has 6 heteroatoms.